The van der Waals surface area contributed by atoms with Gasteiger partial charge in [-0.05, 0) is 49.5 Å². The Morgan fingerprint density at radius 3 is 2.31 bits per heavy atom. The summed E-state index contributed by atoms with van der Waals surface area (Å²) in [5.74, 6) is -0.0784. The van der Waals surface area contributed by atoms with E-state index in [1.54, 1.807) is 0 Å². The van der Waals surface area contributed by atoms with Gasteiger partial charge in [0.15, 0.2) is 0 Å². The van der Waals surface area contributed by atoms with Gasteiger partial charge in [0, 0.05) is 13.5 Å². The van der Waals surface area contributed by atoms with E-state index in [0.717, 1.165) is 16.4 Å². The predicted molar refractivity (Wildman–Crippen MR) is 107 cm³/mol. The number of fused-ring (bicyclic) bond motifs is 1. The second-order valence-electron chi connectivity index (χ2n) is 7.79. The summed E-state index contributed by atoms with van der Waals surface area (Å²) in [4.78, 5) is 11.5. The lowest BCUT2D eigenvalue weighted by atomic mass is 9.76. The molecule has 0 aliphatic carbocycles. The van der Waals surface area contributed by atoms with Crippen molar-refractivity contribution < 1.29 is 14.1 Å². The quantitative estimate of drug-likeness (QED) is 0.848. The number of nitrogens with one attached hydrogen (secondary N) is 1. The van der Waals surface area contributed by atoms with Gasteiger partial charge in [-0.15, -0.1) is 0 Å². The summed E-state index contributed by atoms with van der Waals surface area (Å²) in [5.41, 5.74) is 1.13. The van der Waals surface area contributed by atoms with Crippen molar-refractivity contribution >= 4 is 29.9 Å². The predicted octanol–water partition coefficient (Wildman–Crippen LogP) is 3.99. The first-order valence-electron chi connectivity index (χ1n) is 8.98. The Kier molecular flexibility index (Phi) is 4.95. The second kappa shape index (κ2) is 6.90. The van der Waals surface area contributed by atoms with E-state index in [0.29, 0.717) is 6.54 Å². The van der Waals surface area contributed by atoms with Crippen LogP contribution in [0.3, 0.4) is 0 Å². The summed E-state index contributed by atoms with van der Waals surface area (Å²) in [7, 11) is -0.495. The maximum Gasteiger partial charge on any atom is 0.492 e. The van der Waals surface area contributed by atoms with Crippen LogP contribution >= 0.6 is 0 Å². The van der Waals surface area contributed by atoms with E-state index < -0.39 is 18.3 Å². The highest BCUT2D eigenvalue weighted by atomic mass is 16.7. The topological polar surface area (TPSA) is 47.6 Å². The maximum absolute atomic E-state index is 11.5. The van der Waals surface area contributed by atoms with Crippen molar-refractivity contribution in [1.82, 2.24) is 5.32 Å². The van der Waals surface area contributed by atoms with Gasteiger partial charge in [0.2, 0.25) is 5.91 Å². The van der Waals surface area contributed by atoms with Crippen molar-refractivity contribution in [3.63, 3.8) is 0 Å². The molecule has 1 fully saturated rings. The van der Waals surface area contributed by atoms with E-state index in [2.05, 4.69) is 35.7 Å². The summed E-state index contributed by atoms with van der Waals surface area (Å²) >= 11 is 0. The van der Waals surface area contributed by atoms with E-state index in [1.807, 2.05) is 45.9 Å². The molecule has 5 heteroatoms. The van der Waals surface area contributed by atoms with Crippen LogP contribution in [-0.4, -0.2) is 30.8 Å². The van der Waals surface area contributed by atoms with Crippen LogP contribution in [0.1, 0.15) is 40.2 Å². The standard InChI is InChI=1S/C21H26BNO3/c1-15(24)23-14-18(22-25-20(2,3)21(4,5)26-22)13-17-11-8-10-16-9-6-7-12-19(16)17/h6-13H,14H2,1-5H3,(H,23,24). The monoisotopic (exact) mass is 351 g/mol. The third-order valence-corrected chi connectivity index (χ3v) is 5.26. The molecule has 0 radical (unpaired) electrons. The van der Waals surface area contributed by atoms with Crippen molar-refractivity contribution in [2.24, 2.45) is 0 Å². The van der Waals surface area contributed by atoms with Crippen LogP contribution < -0.4 is 5.32 Å². The van der Waals surface area contributed by atoms with Crippen LogP contribution in [0.15, 0.2) is 47.9 Å². The van der Waals surface area contributed by atoms with Gasteiger partial charge < -0.3 is 14.6 Å². The zero-order valence-electron chi connectivity index (χ0n) is 16.1. The fourth-order valence-electron chi connectivity index (χ4n) is 3.00. The lowest BCUT2D eigenvalue weighted by Gasteiger charge is -2.32. The minimum absolute atomic E-state index is 0.0784. The SMILES string of the molecule is CC(=O)NCC(=Cc1cccc2ccccc12)B1OC(C)(C)C(C)(C)O1. The lowest BCUT2D eigenvalue weighted by Crippen LogP contribution is -2.41. The van der Waals surface area contributed by atoms with Gasteiger partial charge in [-0.2, -0.15) is 0 Å². The van der Waals surface area contributed by atoms with E-state index >= 15 is 0 Å². The molecule has 0 unspecified atom stereocenters. The molecule has 2 aromatic carbocycles. The smallest absolute Gasteiger partial charge is 0.400 e. The van der Waals surface area contributed by atoms with Crippen LogP contribution in [-0.2, 0) is 14.1 Å². The van der Waals surface area contributed by atoms with Gasteiger partial charge >= 0.3 is 7.12 Å². The molecule has 136 valence electrons. The van der Waals surface area contributed by atoms with Crippen molar-refractivity contribution in [2.75, 3.05) is 6.54 Å². The zero-order chi connectivity index (χ0) is 18.9. The molecule has 3 rings (SSSR count). The highest BCUT2D eigenvalue weighted by Crippen LogP contribution is 2.39. The molecule has 1 N–H and O–H groups in total. The maximum atomic E-state index is 11.5. The van der Waals surface area contributed by atoms with Crippen LogP contribution in [0.5, 0.6) is 0 Å². The molecular weight excluding hydrogens is 325 g/mol. The second-order valence-corrected chi connectivity index (χ2v) is 7.79. The van der Waals surface area contributed by atoms with E-state index in [9.17, 15) is 4.79 Å². The molecule has 0 bridgehead atoms. The van der Waals surface area contributed by atoms with Crippen LogP contribution in [0.2, 0.25) is 0 Å². The number of carbonyl (C=O) groups is 1. The largest absolute Gasteiger partial charge is 0.492 e. The molecule has 26 heavy (non-hydrogen) atoms. The first kappa shape index (κ1) is 18.7. The Morgan fingerprint density at radius 1 is 1.04 bits per heavy atom. The molecule has 0 aromatic heterocycles. The van der Waals surface area contributed by atoms with Gasteiger partial charge in [-0.1, -0.05) is 48.5 Å². The van der Waals surface area contributed by atoms with Gasteiger partial charge in [0.05, 0.1) is 11.2 Å². The fraction of sp³-hybridized carbons (Fsp3) is 0.381. The third kappa shape index (κ3) is 3.69. The van der Waals surface area contributed by atoms with Crippen molar-refractivity contribution in [3.8, 4) is 0 Å². The lowest BCUT2D eigenvalue weighted by molar-refractivity contribution is -0.118. The Balaban J connectivity index is 2.01. The van der Waals surface area contributed by atoms with Gasteiger partial charge in [-0.3, -0.25) is 4.79 Å². The zero-order valence-corrected chi connectivity index (χ0v) is 16.1. The minimum atomic E-state index is -0.495. The highest BCUT2D eigenvalue weighted by molar-refractivity contribution is 6.56. The molecule has 0 atom stereocenters. The van der Waals surface area contributed by atoms with Crippen molar-refractivity contribution in [3.05, 3.63) is 53.5 Å². The number of hydrogen-bond acceptors (Lipinski definition) is 3. The van der Waals surface area contributed by atoms with Crippen molar-refractivity contribution in [2.45, 2.75) is 45.8 Å². The highest BCUT2D eigenvalue weighted by Gasteiger charge is 2.52. The summed E-state index contributed by atoms with van der Waals surface area (Å²) in [5, 5.41) is 5.21. The molecule has 2 aromatic rings. The number of rotatable bonds is 4. The molecule has 4 nitrogen and oxygen atoms in total. The average Bonchev–Trinajstić information content (AvgIpc) is 2.79. The Bertz CT molecular complexity index is 836. The molecule has 0 saturated carbocycles. The van der Waals surface area contributed by atoms with Gasteiger partial charge in [0.1, 0.15) is 0 Å². The molecule has 1 heterocycles. The number of hydrogen-bond donors (Lipinski definition) is 1. The molecule has 1 saturated heterocycles. The fourth-order valence-corrected chi connectivity index (χ4v) is 3.00. The van der Waals surface area contributed by atoms with Crippen LogP contribution in [0.25, 0.3) is 16.8 Å². The average molecular weight is 351 g/mol. The number of amides is 1. The third-order valence-electron chi connectivity index (χ3n) is 5.26. The Morgan fingerprint density at radius 2 is 1.65 bits per heavy atom. The minimum Gasteiger partial charge on any atom is -0.400 e. The summed E-state index contributed by atoms with van der Waals surface area (Å²) in [6.07, 6.45) is 2.07. The van der Waals surface area contributed by atoms with E-state index in [-0.39, 0.29) is 5.91 Å². The first-order valence-corrected chi connectivity index (χ1v) is 8.98. The Labute approximate surface area is 155 Å². The number of carbonyl (C=O) groups excluding carboxylic acids is 1. The van der Waals surface area contributed by atoms with Gasteiger partial charge in [-0.25, -0.2) is 0 Å². The van der Waals surface area contributed by atoms with E-state index in [4.69, 9.17) is 9.31 Å². The first-order chi connectivity index (χ1) is 12.2. The van der Waals surface area contributed by atoms with Crippen LogP contribution in [0.4, 0.5) is 0 Å². The molecular formula is C21H26BNO3. The molecule has 1 aliphatic rings. The number of benzene rings is 2. The summed E-state index contributed by atoms with van der Waals surface area (Å²) < 4.78 is 12.4. The normalized spacial score (nSPS) is 19.0. The molecule has 1 amide bonds. The Hall–Kier alpha value is -2.11. The van der Waals surface area contributed by atoms with E-state index in [1.165, 1.54) is 12.3 Å². The summed E-state index contributed by atoms with van der Waals surface area (Å²) in [6, 6.07) is 14.4. The van der Waals surface area contributed by atoms with Gasteiger partial charge in [0.25, 0.3) is 0 Å². The summed E-state index contributed by atoms with van der Waals surface area (Å²) in [6.45, 7) is 10.0. The van der Waals surface area contributed by atoms with Crippen LogP contribution in [0, 0.1) is 0 Å². The van der Waals surface area contributed by atoms with Crippen molar-refractivity contribution in [1.29, 1.82) is 0 Å². The molecule has 0 spiro atoms. The molecule has 1 aliphatic heterocycles.